The van der Waals surface area contributed by atoms with E-state index < -0.39 is 5.82 Å². The third-order valence-electron chi connectivity index (χ3n) is 4.51. The van der Waals surface area contributed by atoms with Crippen molar-refractivity contribution < 1.29 is 19.0 Å². The number of para-hydroxylation sites is 1. The maximum Gasteiger partial charge on any atom is 0.221 e. The fraction of sp³-hybridized carbons (Fsp3) is 0.174. The van der Waals surface area contributed by atoms with Crippen molar-refractivity contribution in [3.63, 3.8) is 0 Å². The Morgan fingerprint density at radius 2 is 1.66 bits per heavy atom. The van der Waals surface area contributed by atoms with Crippen molar-refractivity contribution in [3.8, 4) is 33.8 Å². The lowest BCUT2D eigenvalue weighted by Crippen LogP contribution is -2.07. The van der Waals surface area contributed by atoms with Crippen LogP contribution in [0, 0.1) is 5.82 Å². The van der Waals surface area contributed by atoms with Crippen LogP contribution in [0.3, 0.4) is 0 Å². The summed E-state index contributed by atoms with van der Waals surface area (Å²) < 4.78 is 19.8. The van der Waals surface area contributed by atoms with Crippen LogP contribution in [0.25, 0.3) is 22.3 Å². The van der Waals surface area contributed by atoms with Crippen LogP contribution in [0.5, 0.6) is 11.5 Å². The molecule has 3 aromatic carbocycles. The van der Waals surface area contributed by atoms with Gasteiger partial charge in [-0.2, -0.15) is 0 Å². The van der Waals surface area contributed by atoms with Gasteiger partial charge in [-0.15, -0.1) is 0 Å². The van der Waals surface area contributed by atoms with Gasteiger partial charge < -0.3 is 20.5 Å². The molecule has 0 saturated carbocycles. The van der Waals surface area contributed by atoms with Gasteiger partial charge in [-0.25, -0.2) is 4.39 Å². The van der Waals surface area contributed by atoms with Gasteiger partial charge in [-0.05, 0) is 42.3 Å². The van der Waals surface area contributed by atoms with Gasteiger partial charge in [0.05, 0.1) is 18.5 Å². The highest BCUT2D eigenvalue weighted by atomic mass is 19.1. The Morgan fingerprint density at radius 1 is 1.03 bits per heavy atom. The van der Waals surface area contributed by atoms with E-state index in [0.717, 1.165) is 17.8 Å². The summed E-state index contributed by atoms with van der Waals surface area (Å²) in [7, 11) is 1.59. The highest BCUT2D eigenvalue weighted by Gasteiger charge is 2.14. The molecule has 3 N–H and O–H groups in total. The smallest absolute Gasteiger partial charge is 0.221 e. The normalized spacial score (nSPS) is 10.5. The van der Waals surface area contributed by atoms with Gasteiger partial charge in [-0.1, -0.05) is 30.3 Å². The summed E-state index contributed by atoms with van der Waals surface area (Å²) >= 11 is 0. The van der Waals surface area contributed by atoms with E-state index in [1.54, 1.807) is 31.4 Å². The standard InChI is InChI=1S/C23H23FN2O3/c1-4-25-21-11-9-16(13-22(21)29-3)18-7-5-6-17(23(18)28)15-8-10-20(19(24)12-15)26-14(2)27/h5-13,25,28H,4H2,1-3H3,(H,26,27). The number of carbonyl (C=O) groups is 1. The average Bonchev–Trinajstić information content (AvgIpc) is 2.70. The minimum Gasteiger partial charge on any atom is -0.507 e. The first-order valence-electron chi connectivity index (χ1n) is 9.26. The molecule has 3 aromatic rings. The molecule has 0 aliphatic carbocycles. The fourth-order valence-corrected chi connectivity index (χ4v) is 3.18. The zero-order chi connectivity index (χ0) is 21.0. The number of rotatable bonds is 6. The summed E-state index contributed by atoms with van der Waals surface area (Å²) in [6.07, 6.45) is 0. The lowest BCUT2D eigenvalue weighted by atomic mass is 9.96. The number of hydrogen-bond donors (Lipinski definition) is 3. The lowest BCUT2D eigenvalue weighted by Gasteiger charge is -2.14. The largest absolute Gasteiger partial charge is 0.507 e. The Hall–Kier alpha value is -3.54. The minimum absolute atomic E-state index is 0.0393. The van der Waals surface area contributed by atoms with E-state index >= 15 is 0 Å². The molecule has 1 amide bonds. The first-order chi connectivity index (χ1) is 13.9. The summed E-state index contributed by atoms with van der Waals surface area (Å²) in [5, 5.41) is 16.5. The van der Waals surface area contributed by atoms with E-state index in [-0.39, 0.29) is 17.3 Å². The second kappa shape index (κ2) is 8.65. The van der Waals surface area contributed by atoms with Gasteiger partial charge in [0.1, 0.15) is 17.3 Å². The third kappa shape index (κ3) is 4.32. The van der Waals surface area contributed by atoms with Crippen LogP contribution in [0.15, 0.2) is 54.6 Å². The van der Waals surface area contributed by atoms with E-state index in [0.29, 0.717) is 22.4 Å². The molecule has 0 aliphatic heterocycles. The number of nitrogens with one attached hydrogen (secondary N) is 2. The molecule has 6 heteroatoms. The fourth-order valence-electron chi connectivity index (χ4n) is 3.18. The number of benzene rings is 3. The molecule has 0 saturated heterocycles. The lowest BCUT2D eigenvalue weighted by molar-refractivity contribution is -0.114. The number of carbonyl (C=O) groups excluding carboxylic acids is 1. The van der Waals surface area contributed by atoms with Crippen LogP contribution < -0.4 is 15.4 Å². The topological polar surface area (TPSA) is 70.6 Å². The van der Waals surface area contributed by atoms with Crippen molar-refractivity contribution >= 4 is 17.3 Å². The molecule has 0 atom stereocenters. The second-order valence-corrected chi connectivity index (χ2v) is 6.52. The first kappa shape index (κ1) is 20.2. The third-order valence-corrected chi connectivity index (χ3v) is 4.51. The number of halogens is 1. The van der Waals surface area contributed by atoms with Crippen molar-refractivity contribution in [2.75, 3.05) is 24.3 Å². The predicted octanol–water partition coefficient (Wildman–Crippen LogP) is 5.26. The van der Waals surface area contributed by atoms with Gasteiger partial charge in [-0.3, -0.25) is 4.79 Å². The highest BCUT2D eigenvalue weighted by Crippen LogP contribution is 2.40. The van der Waals surface area contributed by atoms with E-state index in [1.165, 1.54) is 19.1 Å². The second-order valence-electron chi connectivity index (χ2n) is 6.52. The number of methoxy groups -OCH3 is 1. The number of hydrogen-bond acceptors (Lipinski definition) is 4. The zero-order valence-electron chi connectivity index (χ0n) is 16.5. The Morgan fingerprint density at radius 3 is 2.21 bits per heavy atom. The molecular formula is C23H23FN2O3. The van der Waals surface area contributed by atoms with Crippen LogP contribution in [0.4, 0.5) is 15.8 Å². The van der Waals surface area contributed by atoms with Crippen molar-refractivity contribution in [3.05, 3.63) is 60.4 Å². The van der Waals surface area contributed by atoms with Crippen molar-refractivity contribution in [2.45, 2.75) is 13.8 Å². The van der Waals surface area contributed by atoms with Crippen molar-refractivity contribution in [1.29, 1.82) is 0 Å². The predicted molar refractivity (Wildman–Crippen MR) is 114 cm³/mol. The van der Waals surface area contributed by atoms with E-state index in [2.05, 4.69) is 10.6 Å². The van der Waals surface area contributed by atoms with E-state index in [4.69, 9.17) is 4.74 Å². The maximum absolute atomic E-state index is 14.3. The summed E-state index contributed by atoms with van der Waals surface area (Å²) in [5.74, 6) is -0.215. The highest BCUT2D eigenvalue weighted by molar-refractivity contribution is 5.90. The molecule has 0 spiro atoms. The van der Waals surface area contributed by atoms with Crippen LogP contribution >= 0.6 is 0 Å². The van der Waals surface area contributed by atoms with Crippen LogP contribution in [0.2, 0.25) is 0 Å². The van der Waals surface area contributed by atoms with Crippen LogP contribution in [-0.2, 0) is 4.79 Å². The quantitative estimate of drug-likeness (QED) is 0.533. The van der Waals surface area contributed by atoms with Crippen molar-refractivity contribution in [2.24, 2.45) is 0 Å². The Kier molecular flexibility index (Phi) is 6.02. The van der Waals surface area contributed by atoms with Gasteiger partial charge in [0, 0.05) is 24.6 Å². The molecule has 0 heterocycles. The van der Waals surface area contributed by atoms with Gasteiger partial charge >= 0.3 is 0 Å². The molecular weight excluding hydrogens is 371 g/mol. The molecule has 150 valence electrons. The summed E-state index contributed by atoms with van der Waals surface area (Å²) in [6.45, 7) is 4.08. The zero-order valence-corrected chi connectivity index (χ0v) is 16.5. The molecule has 0 radical (unpaired) electrons. The van der Waals surface area contributed by atoms with Gasteiger partial charge in [0.2, 0.25) is 5.91 Å². The minimum atomic E-state index is -0.570. The molecule has 5 nitrogen and oxygen atoms in total. The molecule has 0 fully saturated rings. The van der Waals surface area contributed by atoms with Gasteiger partial charge in [0.25, 0.3) is 0 Å². The number of phenols is 1. The molecule has 0 unspecified atom stereocenters. The summed E-state index contributed by atoms with van der Waals surface area (Å²) in [4.78, 5) is 11.2. The van der Waals surface area contributed by atoms with E-state index in [1.807, 2.05) is 25.1 Å². The Bertz CT molecular complexity index is 1050. The SMILES string of the molecule is CCNc1ccc(-c2cccc(-c3ccc(NC(C)=O)c(F)c3)c2O)cc1OC. The van der Waals surface area contributed by atoms with E-state index in [9.17, 15) is 14.3 Å². The number of aromatic hydroxyl groups is 1. The molecule has 29 heavy (non-hydrogen) atoms. The van der Waals surface area contributed by atoms with Crippen molar-refractivity contribution in [1.82, 2.24) is 0 Å². The molecule has 0 aliphatic rings. The Labute approximate surface area is 169 Å². The average molecular weight is 394 g/mol. The molecule has 3 rings (SSSR count). The molecule has 0 aromatic heterocycles. The number of phenolic OH excluding ortho intramolecular Hbond substituents is 1. The van der Waals surface area contributed by atoms with Crippen LogP contribution in [0.1, 0.15) is 13.8 Å². The Balaban J connectivity index is 2.03. The summed E-state index contributed by atoms with van der Waals surface area (Å²) in [5.41, 5.74) is 3.34. The number of ether oxygens (including phenoxy) is 1. The number of amides is 1. The molecule has 0 bridgehead atoms. The van der Waals surface area contributed by atoms with Crippen LogP contribution in [-0.4, -0.2) is 24.7 Å². The monoisotopic (exact) mass is 394 g/mol. The van der Waals surface area contributed by atoms with Gasteiger partial charge in [0.15, 0.2) is 0 Å². The number of anilines is 2. The first-order valence-corrected chi connectivity index (χ1v) is 9.26. The summed E-state index contributed by atoms with van der Waals surface area (Å²) in [6, 6.07) is 15.4. The maximum atomic E-state index is 14.3.